The van der Waals surface area contributed by atoms with E-state index in [1.54, 1.807) is 56.7 Å². The number of amides is 1. The lowest BCUT2D eigenvalue weighted by molar-refractivity contribution is -0.116. The number of ketones is 1. The monoisotopic (exact) mass is 378 g/mol. The zero-order chi connectivity index (χ0) is 18.2. The zero-order valence-electron chi connectivity index (χ0n) is 14.8. The topological polar surface area (TPSA) is 90.7 Å². The number of rotatable bonds is 8. The van der Waals surface area contributed by atoms with Gasteiger partial charge in [-0.15, -0.1) is 12.4 Å². The predicted molar refractivity (Wildman–Crippen MR) is 104 cm³/mol. The molecule has 2 rings (SSSR count). The molecule has 0 heterocycles. The smallest absolute Gasteiger partial charge is 0.224 e. The molecule has 0 bridgehead atoms. The molecule has 1 amide bonds. The second-order valence-electron chi connectivity index (χ2n) is 5.51. The fourth-order valence-electron chi connectivity index (χ4n) is 2.31. The van der Waals surface area contributed by atoms with Gasteiger partial charge in [0.15, 0.2) is 5.78 Å². The zero-order valence-corrected chi connectivity index (χ0v) is 15.6. The maximum absolute atomic E-state index is 12.1. The van der Waals surface area contributed by atoms with Gasteiger partial charge in [-0.05, 0) is 42.8 Å². The van der Waals surface area contributed by atoms with Crippen molar-refractivity contribution in [2.75, 3.05) is 25.3 Å². The molecule has 140 valence electrons. The quantitative estimate of drug-likeness (QED) is 0.540. The summed E-state index contributed by atoms with van der Waals surface area (Å²) in [6.45, 7) is 0. The first-order valence-electron chi connectivity index (χ1n) is 7.94. The van der Waals surface area contributed by atoms with Gasteiger partial charge in [0.05, 0.1) is 25.6 Å². The van der Waals surface area contributed by atoms with E-state index in [0.29, 0.717) is 41.3 Å². The molecule has 0 saturated heterocycles. The molecule has 2 aromatic rings. The summed E-state index contributed by atoms with van der Waals surface area (Å²) in [7, 11) is 3.12. The van der Waals surface area contributed by atoms with Crippen LogP contribution in [0, 0.1) is 0 Å². The van der Waals surface area contributed by atoms with Crippen LogP contribution >= 0.6 is 12.4 Å². The number of carbonyl (C=O) groups is 2. The van der Waals surface area contributed by atoms with Gasteiger partial charge in [0, 0.05) is 24.5 Å². The number of nitrogens with two attached hydrogens (primary N) is 1. The second kappa shape index (κ2) is 10.3. The molecule has 0 radical (unpaired) electrons. The van der Waals surface area contributed by atoms with Gasteiger partial charge in [0.2, 0.25) is 5.91 Å². The first kappa shape index (κ1) is 21.3. The molecular formula is C19H23ClN2O4. The van der Waals surface area contributed by atoms with Crippen LogP contribution in [0.1, 0.15) is 29.6 Å². The van der Waals surface area contributed by atoms with Crippen molar-refractivity contribution in [2.45, 2.75) is 19.3 Å². The fraction of sp³-hybridized carbons (Fsp3) is 0.263. The molecule has 0 atom stereocenters. The minimum absolute atomic E-state index is 0. The maximum Gasteiger partial charge on any atom is 0.224 e. The Labute approximate surface area is 159 Å². The molecule has 0 saturated carbocycles. The van der Waals surface area contributed by atoms with Crippen LogP contribution in [-0.2, 0) is 4.79 Å². The van der Waals surface area contributed by atoms with Gasteiger partial charge < -0.3 is 20.5 Å². The van der Waals surface area contributed by atoms with Crippen LogP contribution in [-0.4, -0.2) is 25.9 Å². The lowest BCUT2D eigenvalue weighted by atomic mass is 10.1. The molecule has 0 unspecified atom stereocenters. The van der Waals surface area contributed by atoms with E-state index < -0.39 is 0 Å². The van der Waals surface area contributed by atoms with Gasteiger partial charge in [-0.3, -0.25) is 9.59 Å². The molecule has 7 heteroatoms. The molecule has 0 aliphatic heterocycles. The molecule has 6 nitrogen and oxygen atoms in total. The molecule has 0 aromatic heterocycles. The summed E-state index contributed by atoms with van der Waals surface area (Å²) in [4.78, 5) is 24.1. The number of hydrogen-bond acceptors (Lipinski definition) is 5. The number of hydrogen-bond donors (Lipinski definition) is 2. The number of methoxy groups -OCH3 is 2. The van der Waals surface area contributed by atoms with E-state index >= 15 is 0 Å². The lowest BCUT2D eigenvalue weighted by Crippen LogP contribution is -2.13. The number of anilines is 2. The number of halogens is 1. The van der Waals surface area contributed by atoms with Gasteiger partial charge in [0.25, 0.3) is 0 Å². The van der Waals surface area contributed by atoms with Crippen molar-refractivity contribution in [1.29, 1.82) is 0 Å². The molecule has 0 aliphatic carbocycles. The summed E-state index contributed by atoms with van der Waals surface area (Å²) in [6.07, 6.45) is 0.993. The standard InChI is InChI=1S/C19H22N2O4.ClH/c1-24-14-8-6-13(7-9-14)18(22)4-3-5-19(23)21-17-12-15(25-2)10-11-16(17)20;/h6-12H,3-5,20H2,1-2H3,(H,21,23);1H. The number of ether oxygens (including phenoxy) is 2. The van der Waals surface area contributed by atoms with Crippen LogP contribution in [0.15, 0.2) is 42.5 Å². The van der Waals surface area contributed by atoms with Gasteiger partial charge in [-0.1, -0.05) is 0 Å². The molecule has 0 aliphatic rings. The summed E-state index contributed by atoms with van der Waals surface area (Å²) in [5, 5.41) is 2.74. The third-order valence-corrected chi connectivity index (χ3v) is 3.75. The Morgan fingerprint density at radius 2 is 1.58 bits per heavy atom. The van der Waals surface area contributed by atoms with Crippen LogP contribution in [0.25, 0.3) is 0 Å². The van der Waals surface area contributed by atoms with Crippen LogP contribution in [0.5, 0.6) is 11.5 Å². The number of carbonyl (C=O) groups excluding carboxylic acids is 2. The minimum Gasteiger partial charge on any atom is -0.497 e. The average Bonchev–Trinajstić information content (AvgIpc) is 2.63. The third kappa shape index (κ3) is 5.97. The van der Waals surface area contributed by atoms with Crippen LogP contribution in [0.3, 0.4) is 0 Å². The maximum atomic E-state index is 12.1. The second-order valence-corrected chi connectivity index (χ2v) is 5.51. The minimum atomic E-state index is -0.192. The molecule has 3 N–H and O–H groups in total. The Morgan fingerprint density at radius 1 is 0.962 bits per heavy atom. The summed E-state index contributed by atoms with van der Waals surface area (Å²) in [6, 6.07) is 12.0. The number of nitrogen functional groups attached to an aromatic ring is 1. The first-order valence-corrected chi connectivity index (χ1v) is 7.94. The van der Waals surface area contributed by atoms with Crippen LogP contribution in [0.2, 0.25) is 0 Å². The van der Waals surface area contributed by atoms with Crippen LogP contribution in [0.4, 0.5) is 11.4 Å². The molecular weight excluding hydrogens is 356 g/mol. The molecule has 2 aromatic carbocycles. The average molecular weight is 379 g/mol. The van der Waals surface area contributed by atoms with Crippen molar-refractivity contribution < 1.29 is 19.1 Å². The SMILES string of the molecule is COc1ccc(C(=O)CCCC(=O)Nc2cc(OC)ccc2N)cc1.Cl. The third-order valence-electron chi connectivity index (χ3n) is 3.75. The number of nitrogens with one attached hydrogen (secondary N) is 1. The molecule has 0 fully saturated rings. The lowest BCUT2D eigenvalue weighted by Gasteiger charge is -2.10. The van der Waals surface area contributed by atoms with E-state index in [2.05, 4.69) is 5.32 Å². The fourth-order valence-corrected chi connectivity index (χ4v) is 2.31. The Hall–Kier alpha value is -2.73. The van der Waals surface area contributed by atoms with Crippen molar-refractivity contribution >= 4 is 35.5 Å². The van der Waals surface area contributed by atoms with E-state index in [1.807, 2.05) is 0 Å². The number of Topliss-reactive ketones (excluding diaryl/α,β-unsaturated/α-hetero) is 1. The van der Waals surface area contributed by atoms with Gasteiger partial charge >= 0.3 is 0 Å². The Kier molecular flexibility index (Phi) is 8.45. The molecule has 26 heavy (non-hydrogen) atoms. The van der Waals surface area contributed by atoms with E-state index in [-0.39, 0.29) is 30.5 Å². The largest absolute Gasteiger partial charge is 0.497 e. The summed E-state index contributed by atoms with van der Waals surface area (Å²) in [5.41, 5.74) is 7.41. The van der Waals surface area contributed by atoms with Crippen molar-refractivity contribution in [3.63, 3.8) is 0 Å². The summed E-state index contributed by atoms with van der Waals surface area (Å²) in [5.74, 6) is 1.12. The van der Waals surface area contributed by atoms with E-state index in [9.17, 15) is 9.59 Å². The molecule has 0 spiro atoms. The van der Waals surface area contributed by atoms with Crippen molar-refractivity contribution in [3.8, 4) is 11.5 Å². The summed E-state index contributed by atoms with van der Waals surface area (Å²) < 4.78 is 10.2. The summed E-state index contributed by atoms with van der Waals surface area (Å²) >= 11 is 0. The van der Waals surface area contributed by atoms with Gasteiger partial charge in [-0.2, -0.15) is 0 Å². The van der Waals surface area contributed by atoms with E-state index in [4.69, 9.17) is 15.2 Å². The van der Waals surface area contributed by atoms with Crippen molar-refractivity contribution in [2.24, 2.45) is 0 Å². The predicted octanol–water partition coefficient (Wildman–Crippen LogP) is 3.70. The highest BCUT2D eigenvalue weighted by Gasteiger charge is 2.10. The van der Waals surface area contributed by atoms with Crippen molar-refractivity contribution in [1.82, 2.24) is 0 Å². The van der Waals surface area contributed by atoms with E-state index in [0.717, 1.165) is 0 Å². The van der Waals surface area contributed by atoms with E-state index in [1.165, 1.54) is 0 Å². The Balaban J connectivity index is 0.00000338. The van der Waals surface area contributed by atoms with Crippen molar-refractivity contribution in [3.05, 3.63) is 48.0 Å². The highest BCUT2D eigenvalue weighted by Crippen LogP contribution is 2.24. The van der Waals surface area contributed by atoms with Gasteiger partial charge in [-0.25, -0.2) is 0 Å². The van der Waals surface area contributed by atoms with Crippen LogP contribution < -0.4 is 20.5 Å². The first-order chi connectivity index (χ1) is 12.0. The highest BCUT2D eigenvalue weighted by molar-refractivity contribution is 5.97. The normalized spacial score (nSPS) is 9.77. The highest BCUT2D eigenvalue weighted by atomic mass is 35.5. The Morgan fingerprint density at radius 3 is 2.19 bits per heavy atom. The Bertz CT molecular complexity index is 748. The van der Waals surface area contributed by atoms with Gasteiger partial charge in [0.1, 0.15) is 11.5 Å². The number of benzene rings is 2.